The van der Waals surface area contributed by atoms with Crippen LogP contribution in [0.2, 0.25) is 0 Å². The topological polar surface area (TPSA) is 174 Å². The zero-order chi connectivity index (χ0) is 41.1. The van der Waals surface area contributed by atoms with E-state index in [2.05, 4.69) is 98.9 Å². The number of fused-ring (bicyclic) bond motifs is 2. The number of anilines is 2. The number of carbonyl (C=O) groups is 2. The van der Waals surface area contributed by atoms with E-state index in [1.54, 1.807) is 36.9 Å². The number of hydrogen-bond donors (Lipinski definition) is 4. The molecule has 4 aliphatic rings. The van der Waals surface area contributed by atoms with Crippen molar-refractivity contribution in [3.63, 3.8) is 0 Å². The second kappa shape index (κ2) is 15.3. The number of H-pyrrole nitrogens is 2. The Hall–Kier alpha value is -6.44. The predicted octanol–water partition coefficient (Wildman–Crippen LogP) is 7.31. The second-order valence-electron chi connectivity index (χ2n) is 17.5. The van der Waals surface area contributed by atoms with Gasteiger partial charge in [0.15, 0.2) is 0 Å². The number of hydrogen-bond acceptors (Lipinski definition) is 10. The first kappa shape index (κ1) is 37.8. The SMILES string of the molecule is CC(C)[C@H](Nc1ncccn1)C(=O)N1[C@@H]2C[C@@H]2C[C@H]1c1ncc(-c2ccc(-c3ccc(-c4cnc([C@@H]5C[C@H]6C[C@H]6N5C(=O)[C@@H](Nc5ncccn5)C(C)C)[nH]4)cc3)cc2)[nH]1. The number of carbonyl (C=O) groups excluding carboxylic acids is 2. The molecular weight excluding hydrogens is 753 g/mol. The van der Waals surface area contributed by atoms with Gasteiger partial charge in [-0.2, -0.15) is 0 Å². The van der Waals surface area contributed by atoms with Crippen molar-refractivity contribution in [1.82, 2.24) is 49.7 Å². The first-order chi connectivity index (χ1) is 29.2. The zero-order valence-electron chi connectivity index (χ0n) is 34.2. The zero-order valence-corrected chi connectivity index (χ0v) is 34.2. The Morgan fingerprint density at radius 3 is 1.28 bits per heavy atom. The summed E-state index contributed by atoms with van der Waals surface area (Å²) in [5.74, 6) is 3.84. The summed E-state index contributed by atoms with van der Waals surface area (Å²) in [4.78, 5) is 66.3. The fourth-order valence-electron chi connectivity index (χ4n) is 9.40. The molecule has 14 nitrogen and oxygen atoms in total. The van der Waals surface area contributed by atoms with Crippen molar-refractivity contribution in [3.05, 3.63) is 109 Å². The van der Waals surface area contributed by atoms with E-state index in [4.69, 9.17) is 9.97 Å². The molecule has 4 fully saturated rings. The number of aromatic nitrogens is 8. The summed E-state index contributed by atoms with van der Waals surface area (Å²) in [6, 6.07) is 19.9. The van der Waals surface area contributed by atoms with Crippen LogP contribution in [0.25, 0.3) is 33.6 Å². The van der Waals surface area contributed by atoms with Crippen molar-refractivity contribution < 1.29 is 9.59 Å². The highest BCUT2D eigenvalue weighted by molar-refractivity contribution is 5.87. The molecule has 2 amide bonds. The second-order valence-corrected chi connectivity index (χ2v) is 17.5. The van der Waals surface area contributed by atoms with Crippen molar-refractivity contribution in [2.75, 3.05) is 10.6 Å². The van der Waals surface area contributed by atoms with Crippen LogP contribution in [0.3, 0.4) is 0 Å². The van der Waals surface area contributed by atoms with Crippen LogP contribution in [0.5, 0.6) is 0 Å². The van der Waals surface area contributed by atoms with Gasteiger partial charge < -0.3 is 30.4 Å². The lowest BCUT2D eigenvalue weighted by Crippen LogP contribution is -2.47. The summed E-state index contributed by atoms with van der Waals surface area (Å²) in [5.41, 5.74) is 6.12. The van der Waals surface area contributed by atoms with Gasteiger partial charge in [0, 0.05) is 36.9 Å². The number of rotatable bonds is 13. The fourth-order valence-corrected chi connectivity index (χ4v) is 9.40. The molecule has 0 radical (unpaired) electrons. The van der Waals surface area contributed by atoms with Gasteiger partial charge in [-0.25, -0.2) is 29.9 Å². The molecule has 4 N–H and O–H groups in total. The number of likely N-dealkylation sites (tertiary alicyclic amines) is 2. The minimum absolute atomic E-state index is 0.0557. The summed E-state index contributed by atoms with van der Waals surface area (Å²) in [6.45, 7) is 8.20. The van der Waals surface area contributed by atoms with Gasteiger partial charge in [0.05, 0.1) is 35.9 Å². The van der Waals surface area contributed by atoms with Gasteiger partial charge in [-0.1, -0.05) is 76.2 Å². The largest absolute Gasteiger partial charge is 0.342 e. The molecule has 306 valence electrons. The third-order valence-corrected chi connectivity index (χ3v) is 12.8. The number of piperidine rings is 2. The molecule has 0 spiro atoms. The molecule has 2 saturated heterocycles. The summed E-state index contributed by atoms with van der Waals surface area (Å²) < 4.78 is 0. The van der Waals surface area contributed by atoms with Crippen LogP contribution in [0, 0.1) is 23.7 Å². The molecule has 10 rings (SSSR count). The number of amides is 2. The minimum Gasteiger partial charge on any atom is -0.342 e. The number of nitrogens with one attached hydrogen (secondary N) is 4. The third-order valence-electron chi connectivity index (χ3n) is 12.8. The van der Waals surface area contributed by atoms with Crippen molar-refractivity contribution in [2.45, 2.75) is 89.6 Å². The molecule has 2 aliphatic carbocycles. The van der Waals surface area contributed by atoms with E-state index in [1.807, 2.05) is 40.1 Å². The normalized spacial score (nSPS) is 23.6. The highest BCUT2D eigenvalue weighted by Gasteiger charge is 2.57. The standard InChI is InChI=1S/C46H50N12O2/c1-25(2)39(55-45-47-15-5-16-48-45)43(59)57-35-19-31(35)21-37(57)41-51-23-33(53-41)29-11-7-27(8-12-29)28-9-13-30(14-10-28)34-24-52-42(54-34)38-22-32-20-36(32)58(38)44(60)40(26(3)4)56-46-49-17-6-18-50-46/h5-18,23-26,31-32,35-40H,19-22H2,1-4H3,(H,51,53)(H,52,54)(H,47,48,55)(H,49,50,56)/t31-,32-,35-,36-,37+,38+,39+,40+/m1/s1. The maximum Gasteiger partial charge on any atom is 0.246 e. The lowest BCUT2D eigenvalue weighted by molar-refractivity contribution is -0.136. The maximum absolute atomic E-state index is 14.1. The Balaban J connectivity index is 0.803. The first-order valence-electron chi connectivity index (χ1n) is 21.2. The molecule has 60 heavy (non-hydrogen) atoms. The molecule has 8 atom stereocenters. The van der Waals surface area contributed by atoms with Gasteiger partial charge in [0.25, 0.3) is 0 Å². The van der Waals surface area contributed by atoms with E-state index >= 15 is 0 Å². The Morgan fingerprint density at radius 1 is 0.550 bits per heavy atom. The van der Waals surface area contributed by atoms with Crippen LogP contribution in [-0.4, -0.2) is 85.7 Å². The van der Waals surface area contributed by atoms with Crippen molar-refractivity contribution in [2.24, 2.45) is 23.7 Å². The maximum atomic E-state index is 14.1. The van der Waals surface area contributed by atoms with E-state index < -0.39 is 12.1 Å². The van der Waals surface area contributed by atoms with E-state index in [0.29, 0.717) is 23.7 Å². The Kier molecular flexibility index (Phi) is 9.64. The molecular formula is C46H50N12O2. The monoisotopic (exact) mass is 802 g/mol. The molecule has 14 heteroatoms. The Bertz CT molecular complexity index is 2290. The van der Waals surface area contributed by atoms with Crippen LogP contribution in [0.4, 0.5) is 11.9 Å². The number of aromatic amines is 2. The molecule has 0 bridgehead atoms. The van der Waals surface area contributed by atoms with Crippen LogP contribution >= 0.6 is 0 Å². The summed E-state index contributed by atoms with van der Waals surface area (Å²) in [6.07, 6.45) is 14.4. The molecule has 6 aromatic rings. The van der Waals surface area contributed by atoms with E-state index in [-0.39, 0.29) is 47.8 Å². The molecule has 0 unspecified atom stereocenters. The van der Waals surface area contributed by atoms with Crippen LogP contribution < -0.4 is 10.6 Å². The fraction of sp³-hybridized carbons (Fsp3) is 0.391. The van der Waals surface area contributed by atoms with Gasteiger partial charge in [0.1, 0.15) is 23.7 Å². The summed E-state index contributed by atoms with van der Waals surface area (Å²) in [5, 5.41) is 6.59. The lowest BCUT2D eigenvalue weighted by Gasteiger charge is -2.32. The average molecular weight is 803 g/mol. The van der Waals surface area contributed by atoms with Crippen molar-refractivity contribution in [1.29, 1.82) is 0 Å². The number of benzene rings is 2. The molecule has 4 aromatic heterocycles. The molecule has 6 heterocycles. The van der Waals surface area contributed by atoms with Crippen molar-refractivity contribution >= 4 is 23.7 Å². The lowest BCUT2D eigenvalue weighted by atomic mass is 10.0. The van der Waals surface area contributed by atoms with Gasteiger partial charge in [-0.15, -0.1) is 0 Å². The van der Waals surface area contributed by atoms with Crippen molar-refractivity contribution in [3.8, 4) is 33.6 Å². The molecule has 2 saturated carbocycles. The smallest absolute Gasteiger partial charge is 0.246 e. The number of nitrogens with zero attached hydrogens (tertiary/aromatic N) is 8. The third kappa shape index (κ3) is 7.17. The Morgan fingerprint density at radius 2 is 0.917 bits per heavy atom. The van der Waals surface area contributed by atoms with Crippen LogP contribution in [-0.2, 0) is 9.59 Å². The minimum atomic E-state index is -0.435. The average Bonchev–Trinajstić information content (AvgIpc) is 3.85. The van der Waals surface area contributed by atoms with Gasteiger partial charge in [-0.3, -0.25) is 9.59 Å². The van der Waals surface area contributed by atoms with Gasteiger partial charge in [0.2, 0.25) is 23.7 Å². The summed E-state index contributed by atoms with van der Waals surface area (Å²) >= 11 is 0. The predicted molar refractivity (Wildman–Crippen MR) is 228 cm³/mol. The first-order valence-corrected chi connectivity index (χ1v) is 21.2. The Labute approximate surface area is 349 Å². The van der Waals surface area contributed by atoms with E-state index in [1.165, 1.54) is 0 Å². The summed E-state index contributed by atoms with van der Waals surface area (Å²) in [7, 11) is 0. The highest BCUT2D eigenvalue weighted by atomic mass is 16.2. The molecule has 2 aliphatic heterocycles. The number of imidazole rings is 2. The van der Waals surface area contributed by atoms with E-state index in [0.717, 1.165) is 71.0 Å². The highest BCUT2D eigenvalue weighted by Crippen LogP contribution is 2.54. The quantitative estimate of drug-likeness (QED) is 0.0928. The molecule has 2 aromatic carbocycles. The van der Waals surface area contributed by atoms with E-state index in [9.17, 15) is 9.59 Å². The van der Waals surface area contributed by atoms with Crippen LogP contribution in [0.15, 0.2) is 97.8 Å². The van der Waals surface area contributed by atoms with Gasteiger partial charge in [-0.05, 0) is 83.7 Å². The van der Waals surface area contributed by atoms with Crippen LogP contribution in [0.1, 0.15) is 77.1 Å². The van der Waals surface area contributed by atoms with Gasteiger partial charge >= 0.3 is 0 Å².